The van der Waals surface area contributed by atoms with Gasteiger partial charge < -0.3 is 15.8 Å². The van der Waals surface area contributed by atoms with Gasteiger partial charge in [-0.3, -0.25) is 4.79 Å². The van der Waals surface area contributed by atoms with Crippen LogP contribution in [0, 0.1) is 5.92 Å². The van der Waals surface area contributed by atoms with Crippen molar-refractivity contribution in [2.45, 2.75) is 38.8 Å². The number of hydrogen-bond acceptors (Lipinski definition) is 3. The van der Waals surface area contributed by atoms with E-state index in [2.05, 4.69) is 5.32 Å². The Morgan fingerprint density at radius 1 is 1.42 bits per heavy atom. The van der Waals surface area contributed by atoms with E-state index in [1.54, 1.807) is 0 Å². The van der Waals surface area contributed by atoms with E-state index in [1.165, 1.54) is 0 Å². The van der Waals surface area contributed by atoms with Crippen LogP contribution in [0.3, 0.4) is 0 Å². The summed E-state index contributed by atoms with van der Waals surface area (Å²) in [5.74, 6) is -0.0194. The highest BCUT2D eigenvalue weighted by atomic mass is 16.5. The van der Waals surface area contributed by atoms with Crippen molar-refractivity contribution in [3.05, 3.63) is 29.8 Å². The number of anilines is 1. The van der Waals surface area contributed by atoms with Crippen molar-refractivity contribution in [2.24, 2.45) is 11.7 Å². The van der Waals surface area contributed by atoms with Gasteiger partial charge >= 0.3 is 0 Å². The topological polar surface area (TPSA) is 64.3 Å². The summed E-state index contributed by atoms with van der Waals surface area (Å²) >= 11 is 0. The van der Waals surface area contributed by atoms with Gasteiger partial charge in [-0.05, 0) is 25.8 Å². The van der Waals surface area contributed by atoms with Crippen LogP contribution in [-0.4, -0.2) is 18.6 Å². The Balaban J connectivity index is 2.03. The summed E-state index contributed by atoms with van der Waals surface area (Å²) in [7, 11) is 0. The summed E-state index contributed by atoms with van der Waals surface area (Å²) < 4.78 is 5.41. The molecule has 1 fully saturated rings. The molecule has 1 aromatic carbocycles. The Kier molecular flexibility index (Phi) is 4.93. The van der Waals surface area contributed by atoms with Crippen molar-refractivity contribution in [3.8, 4) is 0 Å². The van der Waals surface area contributed by atoms with E-state index in [1.807, 2.05) is 31.2 Å². The molecule has 4 heteroatoms. The number of carbonyl (C=O) groups excluding carboxylic acids is 1. The summed E-state index contributed by atoms with van der Waals surface area (Å²) in [6.07, 6.45) is 2.87. The number of nitrogens with one attached hydrogen (secondary N) is 1. The minimum atomic E-state index is -0.0554. The molecular weight excluding hydrogens is 240 g/mol. The lowest BCUT2D eigenvalue weighted by Gasteiger charge is -2.17. The first-order valence-corrected chi connectivity index (χ1v) is 6.94. The average Bonchev–Trinajstić information content (AvgIpc) is 2.84. The van der Waals surface area contributed by atoms with E-state index in [9.17, 15) is 4.79 Å². The first-order chi connectivity index (χ1) is 9.22. The van der Waals surface area contributed by atoms with Crippen LogP contribution in [0.4, 0.5) is 5.69 Å². The molecule has 2 rings (SSSR count). The monoisotopic (exact) mass is 262 g/mol. The van der Waals surface area contributed by atoms with Crippen molar-refractivity contribution in [1.82, 2.24) is 0 Å². The second-order valence-corrected chi connectivity index (χ2v) is 4.98. The Morgan fingerprint density at radius 2 is 2.21 bits per heavy atom. The zero-order valence-corrected chi connectivity index (χ0v) is 11.4. The number of rotatable bonds is 5. The molecule has 1 aliphatic rings. The molecule has 19 heavy (non-hydrogen) atoms. The maximum absolute atomic E-state index is 12.2. The van der Waals surface area contributed by atoms with Gasteiger partial charge in [0.05, 0.1) is 12.5 Å². The molecule has 1 aliphatic carbocycles. The summed E-state index contributed by atoms with van der Waals surface area (Å²) in [5.41, 5.74) is 7.80. The molecular formula is C15H22N2O2. The predicted molar refractivity (Wildman–Crippen MR) is 75.7 cm³/mol. The number of hydrogen-bond donors (Lipinski definition) is 2. The Morgan fingerprint density at radius 3 is 2.89 bits per heavy atom. The predicted octanol–water partition coefficient (Wildman–Crippen LogP) is 2.29. The third kappa shape index (κ3) is 3.55. The smallest absolute Gasteiger partial charge is 0.229 e. The number of ether oxygens (including phenoxy) is 1. The van der Waals surface area contributed by atoms with E-state index >= 15 is 0 Å². The van der Waals surface area contributed by atoms with Crippen LogP contribution in [0.5, 0.6) is 0 Å². The maximum atomic E-state index is 12.2. The highest BCUT2D eigenvalue weighted by Crippen LogP contribution is 2.26. The molecule has 0 heterocycles. The third-order valence-corrected chi connectivity index (χ3v) is 3.64. The standard InChI is InChI=1S/C15H22N2O2/c1-2-19-10-11-6-3-4-9-14(11)17-15(18)12-7-5-8-13(12)16/h3-4,6,9,12-13H,2,5,7-8,10,16H2,1H3,(H,17,18). The number of benzene rings is 1. The van der Waals surface area contributed by atoms with Crippen LogP contribution >= 0.6 is 0 Å². The third-order valence-electron chi connectivity index (χ3n) is 3.64. The largest absolute Gasteiger partial charge is 0.377 e. The molecule has 1 aromatic rings. The minimum Gasteiger partial charge on any atom is -0.377 e. The van der Waals surface area contributed by atoms with Crippen molar-refractivity contribution < 1.29 is 9.53 Å². The summed E-state index contributed by atoms with van der Waals surface area (Å²) in [5, 5.41) is 2.99. The first kappa shape index (κ1) is 14.0. The molecule has 0 aliphatic heterocycles. The van der Waals surface area contributed by atoms with Crippen LogP contribution in [0.25, 0.3) is 0 Å². The Hall–Kier alpha value is -1.39. The van der Waals surface area contributed by atoms with Crippen molar-refractivity contribution >= 4 is 11.6 Å². The molecule has 4 nitrogen and oxygen atoms in total. The Labute approximate surface area is 114 Å². The quantitative estimate of drug-likeness (QED) is 0.855. The Bertz CT molecular complexity index is 434. The number of nitrogens with two attached hydrogens (primary N) is 1. The average molecular weight is 262 g/mol. The second-order valence-electron chi connectivity index (χ2n) is 4.98. The zero-order chi connectivity index (χ0) is 13.7. The van der Waals surface area contributed by atoms with Crippen LogP contribution in [0.1, 0.15) is 31.7 Å². The molecule has 2 atom stereocenters. The fourth-order valence-electron chi connectivity index (χ4n) is 2.52. The summed E-state index contributed by atoms with van der Waals surface area (Å²) in [6, 6.07) is 7.75. The molecule has 104 valence electrons. The van der Waals surface area contributed by atoms with Crippen LogP contribution in [0.15, 0.2) is 24.3 Å². The van der Waals surface area contributed by atoms with Crippen LogP contribution in [0.2, 0.25) is 0 Å². The molecule has 3 N–H and O–H groups in total. The van der Waals surface area contributed by atoms with Crippen molar-refractivity contribution in [3.63, 3.8) is 0 Å². The van der Waals surface area contributed by atoms with Gasteiger partial charge in [0.15, 0.2) is 0 Å². The maximum Gasteiger partial charge on any atom is 0.229 e. The molecule has 1 amide bonds. The van der Waals surface area contributed by atoms with Crippen LogP contribution in [-0.2, 0) is 16.1 Å². The van der Waals surface area contributed by atoms with E-state index in [-0.39, 0.29) is 17.9 Å². The fraction of sp³-hybridized carbons (Fsp3) is 0.533. The first-order valence-electron chi connectivity index (χ1n) is 6.94. The van der Waals surface area contributed by atoms with Gasteiger partial charge in [-0.25, -0.2) is 0 Å². The highest BCUT2D eigenvalue weighted by molar-refractivity contribution is 5.93. The molecule has 0 saturated heterocycles. The minimum absolute atomic E-state index is 0.000876. The number of para-hydroxylation sites is 1. The summed E-state index contributed by atoms with van der Waals surface area (Å²) in [6.45, 7) is 3.14. The molecule has 2 unspecified atom stereocenters. The van der Waals surface area contributed by atoms with E-state index in [0.29, 0.717) is 13.2 Å². The van der Waals surface area contributed by atoms with Crippen LogP contribution < -0.4 is 11.1 Å². The van der Waals surface area contributed by atoms with Gasteiger partial charge in [-0.15, -0.1) is 0 Å². The normalized spacial score (nSPS) is 22.4. The van der Waals surface area contributed by atoms with Gasteiger partial charge in [0, 0.05) is 23.9 Å². The molecule has 0 bridgehead atoms. The lowest BCUT2D eigenvalue weighted by Crippen LogP contribution is -2.34. The second kappa shape index (κ2) is 6.68. The lowest BCUT2D eigenvalue weighted by atomic mass is 10.0. The van der Waals surface area contributed by atoms with E-state index < -0.39 is 0 Å². The van der Waals surface area contributed by atoms with E-state index in [0.717, 1.165) is 30.5 Å². The molecule has 0 aromatic heterocycles. The zero-order valence-electron chi connectivity index (χ0n) is 11.4. The summed E-state index contributed by atoms with van der Waals surface area (Å²) in [4.78, 5) is 12.2. The van der Waals surface area contributed by atoms with Gasteiger partial charge in [-0.2, -0.15) is 0 Å². The highest BCUT2D eigenvalue weighted by Gasteiger charge is 2.30. The molecule has 1 saturated carbocycles. The van der Waals surface area contributed by atoms with Gasteiger partial charge in [0.1, 0.15) is 0 Å². The SMILES string of the molecule is CCOCc1ccccc1NC(=O)C1CCCC1N. The lowest BCUT2D eigenvalue weighted by molar-refractivity contribution is -0.120. The van der Waals surface area contributed by atoms with Gasteiger partial charge in [0.25, 0.3) is 0 Å². The van der Waals surface area contributed by atoms with Crippen molar-refractivity contribution in [2.75, 3.05) is 11.9 Å². The van der Waals surface area contributed by atoms with E-state index in [4.69, 9.17) is 10.5 Å². The van der Waals surface area contributed by atoms with Gasteiger partial charge in [-0.1, -0.05) is 24.6 Å². The molecule has 0 radical (unpaired) electrons. The van der Waals surface area contributed by atoms with Crippen molar-refractivity contribution in [1.29, 1.82) is 0 Å². The number of carbonyl (C=O) groups is 1. The fourth-order valence-corrected chi connectivity index (χ4v) is 2.52. The van der Waals surface area contributed by atoms with Gasteiger partial charge in [0.2, 0.25) is 5.91 Å². The number of amides is 1. The molecule has 0 spiro atoms.